The van der Waals surface area contributed by atoms with Crippen LogP contribution in [0.1, 0.15) is 52.4 Å². The van der Waals surface area contributed by atoms with Crippen LogP contribution in [-0.2, 0) is 0 Å². The lowest BCUT2D eigenvalue weighted by molar-refractivity contribution is 0.745. The minimum atomic E-state index is 1.19. The van der Waals surface area contributed by atoms with E-state index in [4.69, 9.17) is 0 Å². The van der Waals surface area contributed by atoms with E-state index in [9.17, 15) is 0 Å². The third-order valence-electron chi connectivity index (χ3n) is 2.60. The van der Waals surface area contributed by atoms with Crippen LogP contribution in [0.3, 0.4) is 0 Å². The molecule has 0 fully saturated rings. The molecule has 0 aliphatic heterocycles. The minimum absolute atomic E-state index is 1.19. The van der Waals surface area contributed by atoms with Gasteiger partial charge >= 0.3 is 0 Å². The van der Waals surface area contributed by atoms with Gasteiger partial charge in [0.25, 0.3) is 0 Å². The molecule has 0 bridgehead atoms. The quantitative estimate of drug-likeness (QED) is 0.536. The Kier molecular flexibility index (Phi) is 4.13. The Morgan fingerprint density at radius 1 is 1.33 bits per heavy atom. The second-order valence-corrected chi connectivity index (χ2v) is 3.70. The van der Waals surface area contributed by atoms with E-state index in [1.807, 2.05) is 0 Å². The van der Waals surface area contributed by atoms with Gasteiger partial charge in [-0.2, -0.15) is 0 Å². The summed E-state index contributed by atoms with van der Waals surface area (Å²) < 4.78 is 0. The van der Waals surface area contributed by atoms with Crippen molar-refractivity contribution < 1.29 is 0 Å². The average molecular weight is 164 g/mol. The Balaban J connectivity index is 2.60. The molecule has 0 N–H and O–H groups in total. The second kappa shape index (κ2) is 5.18. The summed E-state index contributed by atoms with van der Waals surface area (Å²) in [5, 5.41) is 0. The number of hydrogen-bond acceptors (Lipinski definition) is 0. The van der Waals surface area contributed by atoms with Crippen molar-refractivity contribution in [3.63, 3.8) is 0 Å². The highest BCUT2D eigenvalue weighted by Crippen LogP contribution is 2.22. The summed E-state index contributed by atoms with van der Waals surface area (Å²) in [5.41, 5.74) is 3.34. The normalized spacial score (nSPS) is 27.8. The van der Waals surface area contributed by atoms with Gasteiger partial charge in [0.05, 0.1) is 0 Å². The predicted octanol–water partition coefficient (Wildman–Crippen LogP) is 4.23. The Morgan fingerprint density at radius 2 is 2.17 bits per heavy atom. The van der Waals surface area contributed by atoms with Crippen molar-refractivity contribution in [1.29, 1.82) is 0 Å². The summed E-state index contributed by atoms with van der Waals surface area (Å²) in [4.78, 5) is 0. The summed E-state index contributed by atoms with van der Waals surface area (Å²) in [7, 11) is 0. The molecule has 0 saturated heterocycles. The summed E-state index contributed by atoms with van der Waals surface area (Å²) in [5.74, 6) is 0. The lowest BCUT2D eigenvalue weighted by Crippen LogP contribution is -1.91. The van der Waals surface area contributed by atoms with Crippen LogP contribution in [-0.4, -0.2) is 0 Å². The van der Waals surface area contributed by atoms with Crippen molar-refractivity contribution in [3.8, 4) is 0 Å². The van der Waals surface area contributed by atoms with Gasteiger partial charge in [0.15, 0.2) is 0 Å². The zero-order valence-electron chi connectivity index (χ0n) is 8.40. The van der Waals surface area contributed by atoms with Gasteiger partial charge in [-0.15, -0.1) is 0 Å². The van der Waals surface area contributed by atoms with Crippen molar-refractivity contribution in [1.82, 2.24) is 0 Å². The van der Waals surface area contributed by atoms with E-state index in [1.165, 1.54) is 38.5 Å². The van der Waals surface area contributed by atoms with E-state index < -0.39 is 0 Å². The monoisotopic (exact) mass is 164 g/mol. The molecule has 1 aliphatic carbocycles. The molecule has 0 unspecified atom stereocenters. The maximum Gasteiger partial charge on any atom is -0.0139 e. The largest absolute Gasteiger partial charge is 0.0882 e. The van der Waals surface area contributed by atoms with E-state index in [0.29, 0.717) is 0 Å². The Morgan fingerprint density at radius 3 is 2.92 bits per heavy atom. The SMILES string of the molecule is CCC/C1=C(\C)C/C=C\CCC1. The molecule has 0 aromatic rings. The van der Waals surface area contributed by atoms with Gasteiger partial charge < -0.3 is 0 Å². The molecule has 0 heterocycles. The molecule has 0 heteroatoms. The van der Waals surface area contributed by atoms with Gasteiger partial charge in [-0.05, 0) is 39.0 Å². The van der Waals surface area contributed by atoms with Gasteiger partial charge in [-0.25, -0.2) is 0 Å². The van der Waals surface area contributed by atoms with Crippen molar-refractivity contribution in [2.75, 3.05) is 0 Å². The van der Waals surface area contributed by atoms with E-state index in [1.54, 1.807) is 11.1 Å². The molecule has 0 radical (unpaired) electrons. The first kappa shape index (κ1) is 9.57. The van der Waals surface area contributed by atoms with Crippen LogP contribution < -0.4 is 0 Å². The highest BCUT2D eigenvalue weighted by molar-refractivity contribution is 5.16. The smallest absolute Gasteiger partial charge is 0.0139 e. The standard InChI is InChI=1S/C12H20/c1-3-8-12-10-7-5-4-6-9-11(12)2/h4,6H,3,5,7-10H2,1-2H3/b6-4-,12-11-. The fourth-order valence-electron chi connectivity index (χ4n) is 1.81. The molecule has 0 aromatic carbocycles. The van der Waals surface area contributed by atoms with Gasteiger partial charge in [0, 0.05) is 0 Å². The molecule has 12 heavy (non-hydrogen) atoms. The molecule has 0 atom stereocenters. The number of rotatable bonds is 2. The van der Waals surface area contributed by atoms with Gasteiger partial charge in [-0.3, -0.25) is 0 Å². The van der Waals surface area contributed by atoms with Crippen molar-refractivity contribution in [2.45, 2.75) is 52.4 Å². The number of hydrogen-bond donors (Lipinski definition) is 0. The molecule has 0 saturated carbocycles. The van der Waals surface area contributed by atoms with Crippen LogP contribution in [0.25, 0.3) is 0 Å². The van der Waals surface area contributed by atoms with Crippen LogP contribution in [0.5, 0.6) is 0 Å². The zero-order chi connectivity index (χ0) is 8.81. The van der Waals surface area contributed by atoms with E-state index >= 15 is 0 Å². The Hall–Kier alpha value is -0.520. The fraction of sp³-hybridized carbons (Fsp3) is 0.667. The topological polar surface area (TPSA) is 0 Å². The molecule has 0 nitrogen and oxygen atoms in total. The minimum Gasteiger partial charge on any atom is -0.0882 e. The van der Waals surface area contributed by atoms with Gasteiger partial charge in [0.1, 0.15) is 0 Å². The summed E-state index contributed by atoms with van der Waals surface area (Å²) >= 11 is 0. The highest BCUT2D eigenvalue weighted by Gasteiger charge is 2.02. The van der Waals surface area contributed by atoms with Crippen LogP contribution in [0.4, 0.5) is 0 Å². The molecule has 68 valence electrons. The summed E-state index contributed by atoms with van der Waals surface area (Å²) in [6, 6.07) is 0. The lowest BCUT2D eigenvalue weighted by Gasteiger charge is -2.12. The second-order valence-electron chi connectivity index (χ2n) is 3.70. The molecule has 1 rings (SSSR count). The molecule has 0 aromatic heterocycles. The molecule has 0 spiro atoms. The zero-order valence-corrected chi connectivity index (χ0v) is 8.40. The maximum atomic E-state index is 2.33. The Labute approximate surface area is 76.4 Å². The van der Waals surface area contributed by atoms with E-state index in [-0.39, 0.29) is 0 Å². The van der Waals surface area contributed by atoms with Crippen LogP contribution >= 0.6 is 0 Å². The number of allylic oxidation sites excluding steroid dienone is 4. The molecule has 0 amide bonds. The summed E-state index contributed by atoms with van der Waals surface area (Å²) in [6.07, 6.45) is 12.4. The fourth-order valence-corrected chi connectivity index (χ4v) is 1.81. The highest BCUT2D eigenvalue weighted by atomic mass is 14.1. The first-order valence-corrected chi connectivity index (χ1v) is 5.17. The van der Waals surface area contributed by atoms with Gasteiger partial charge in [0.2, 0.25) is 0 Å². The maximum absolute atomic E-state index is 2.33. The Bertz CT molecular complexity index is 184. The van der Waals surface area contributed by atoms with Crippen LogP contribution in [0.2, 0.25) is 0 Å². The molecular formula is C12H20. The van der Waals surface area contributed by atoms with E-state index in [2.05, 4.69) is 26.0 Å². The van der Waals surface area contributed by atoms with Crippen LogP contribution in [0.15, 0.2) is 23.3 Å². The third-order valence-corrected chi connectivity index (χ3v) is 2.60. The summed E-state index contributed by atoms with van der Waals surface area (Å²) in [6.45, 7) is 4.57. The average Bonchev–Trinajstić information content (AvgIpc) is 2.05. The lowest BCUT2D eigenvalue weighted by atomic mass is 9.95. The molecule has 1 aliphatic rings. The third kappa shape index (κ3) is 2.84. The predicted molar refractivity (Wildman–Crippen MR) is 55.2 cm³/mol. The molecular weight excluding hydrogens is 144 g/mol. The van der Waals surface area contributed by atoms with E-state index in [0.717, 1.165) is 0 Å². The van der Waals surface area contributed by atoms with Crippen molar-refractivity contribution in [2.24, 2.45) is 0 Å². The van der Waals surface area contributed by atoms with Crippen LogP contribution in [0, 0.1) is 0 Å². The van der Waals surface area contributed by atoms with Crippen molar-refractivity contribution >= 4 is 0 Å². The first-order chi connectivity index (χ1) is 5.84. The van der Waals surface area contributed by atoms with Gasteiger partial charge in [-0.1, -0.05) is 36.6 Å². The first-order valence-electron chi connectivity index (χ1n) is 5.17. The van der Waals surface area contributed by atoms with Crippen molar-refractivity contribution in [3.05, 3.63) is 23.3 Å².